The summed E-state index contributed by atoms with van der Waals surface area (Å²) in [6.07, 6.45) is 3.45. The second-order valence-corrected chi connectivity index (χ2v) is 3.97. The van der Waals surface area contributed by atoms with Crippen molar-refractivity contribution in [3.05, 3.63) is 77.4 Å². The van der Waals surface area contributed by atoms with Crippen molar-refractivity contribution in [2.45, 2.75) is 20.8 Å². The molecule has 0 radical (unpaired) electrons. The summed E-state index contributed by atoms with van der Waals surface area (Å²) in [4.78, 5) is 11.8. The molecule has 0 aliphatic carbocycles. The Morgan fingerprint density at radius 2 is 1.47 bits per heavy atom. The standard InChI is InChI=1S/C16H14O.C2H6/c1-13-7-9-14(10-8-13)11-12-16(17)15-5-3-2-4-6-15;1-2/h2-12H,1H3;1-2H3/b12-11+;. The largest absolute Gasteiger partial charge is 0.289 e. The van der Waals surface area contributed by atoms with Crippen molar-refractivity contribution in [2.24, 2.45) is 0 Å². The second-order valence-electron chi connectivity index (χ2n) is 3.97. The Balaban J connectivity index is 0.000000861. The first-order valence-corrected chi connectivity index (χ1v) is 6.60. The zero-order chi connectivity index (χ0) is 14.1. The summed E-state index contributed by atoms with van der Waals surface area (Å²) in [5.41, 5.74) is 2.98. The van der Waals surface area contributed by atoms with Crippen LogP contribution in [0.4, 0.5) is 0 Å². The van der Waals surface area contributed by atoms with Gasteiger partial charge in [0.2, 0.25) is 0 Å². The van der Waals surface area contributed by atoms with Gasteiger partial charge in [0.1, 0.15) is 0 Å². The van der Waals surface area contributed by atoms with E-state index < -0.39 is 0 Å². The van der Waals surface area contributed by atoms with E-state index in [9.17, 15) is 4.79 Å². The highest BCUT2D eigenvalue weighted by Crippen LogP contribution is 2.07. The number of benzene rings is 2. The van der Waals surface area contributed by atoms with Gasteiger partial charge in [-0.25, -0.2) is 0 Å². The van der Waals surface area contributed by atoms with Crippen LogP contribution in [0.5, 0.6) is 0 Å². The minimum atomic E-state index is 0.0335. The first-order chi connectivity index (χ1) is 9.25. The first-order valence-electron chi connectivity index (χ1n) is 6.60. The van der Waals surface area contributed by atoms with Gasteiger partial charge in [0.25, 0.3) is 0 Å². The van der Waals surface area contributed by atoms with Crippen LogP contribution >= 0.6 is 0 Å². The van der Waals surface area contributed by atoms with Crippen molar-refractivity contribution < 1.29 is 4.79 Å². The van der Waals surface area contributed by atoms with Crippen LogP contribution in [0, 0.1) is 6.92 Å². The van der Waals surface area contributed by atoms with Crippen LogP contribution in [0.3, 0.4) is 0 Å². The number of aryl methyl sites for hydroxylation is 1. The third-order valence-corrected chi connectivity index (χ3v) is 2.56. The van der Waals surface area contributed by atoms with E-state index in [0.29, 0.717) is 0 Å². The maximum absolute atomic E-state index is 11.8. The zero-order valence-corrected chi connectivity index (χ0v) is 11.8. The van der Waals surface area contributed by atoms with Gasteiger partial charge in [0.05, 0.1) is 0 Å². The second kappa shape index (κ2) is 8.04. The number of hydrogen-bond acceptors (Lipinski definition) is 1. The molecule has 0 atom stereocenters. The van der Waals surface area contributed by atoms with Crippen molar-refractivity contribution in [1.82, 2.24) is 0 Å². The van der Waals surface area contributed by atoms with Crippen LogP contribution < -0.4 is 0 Å². The molecule has 0 aliphatic rings. The third kappa shape index (κ3) is 4.92. The maximum Gasteiger partial charge on any atom is 0.185 e. The lowest BCUT2D eigenvalue weighted by molar-refractivity contribution is 0.104. The fourth-order valence-corrected chi connectivity index (χ4v) is 1.55. The molecular formula is C18H20O. The number of carbonyl (C=O) groups excluding carboxylic acids is 1. The zero-order valence-electron chi connectivity index (χ0n) is 11.8. The predicted octanol–water partition coefficient (Wildman–Crippen LogP) is 4.92. The molecule has 0 bridgehead atoms. The van der Waals surface area contributed by atoms with Gasteiger partial charge >= 0.3 is 0 Å². The molecule has 0 spiro atoms. The Morgan fingerprint density at radius 3 is 2.05 bits per heavy atom. The molecule has 19 heavy (non-hydrogen) atoms. The van der Waals surface area contributed by atoms with Gasteiger partial charge in [0, 0.05) is 5.56 Å². The van der Waals surface area contributed by atoms with Crippen LogP contribution in [0.25, 0.3) is 6.08 Å². The molecule has 0 aliphatic heterocycles. The lowest BCUT2D eigenvalue weighted by Crippen LogP contribution is -1.92. The molecule has 0 N–H and O–H groups in total. The molecule has 1 nitrogen and oxygen atoms in total. The van der Waals surface area contributed by atoms with Crippen LogP contribution in [0.1, 0.15) is 35.3 Å². The highest BCUT2D eigenvalue weighted by atomic mass is 16.1. The molecule has 0 fully saturated rings. The topological polar surface area (TPSA) is 17.1 Å². The molecule has 2 rings (SSSR count). The minimum absolute atomic E-state index is 0.0335. The minimum Gasteiger partial charge on any atom is -0.289 e. The van der Waals surface area contributed by atoms with Gasteiger partial charge < -0.3 is 0 Å². The smallest absolute Gasteiger partial charge is 0.185 e. The number of carbonyl (C=O) groups is 1. The van der Waals surface area contributed by atoms with Crippen molar-refractivity contribution in [3.8, 4) is 0 Å². The van der Waals surface area contributed by atoms with Gasteiger partial charge in [-0.15, -0.1) is 0 Å². The fourth-order valence-electron chi connectivity index (χ4n) is 1.55. The average Bonchev–Trinajstić information content (AvgIpc) is 2.49. The van der Waals surface area contributed by atoms with Gasteiger partial charge in [-0.05, 0) is 18.6 Å². The summed E-state index contributed by atoms with van der Waals surface area (Å²) in [7, 11) is 0. The van der Waals surface area contributed by atoms with Crippen molar-refractivity contribution >= 4 is 11.9 Å². The summed E-state index contributed by atoms with van der Waals surface area (Å²) in [6, 6.07) is 17.4. The number of rotatable bonds is 3. The monoisotopic (exact) mass is 252 g/mol. The molecule has 2 aromatic rings. The average molecular weight is 252 g/mol. The molecular weight excluding hydrogens is 232 g/mol. The Labute approximate surface area is 115 Å². The molecule has 0 saturated carbocycles. The van der Waals surface area contributed by atoms with Crippen molar-refractivity contribution in [1.29, 1.82) is 0 Å². The van der Waals surface area contributed by atoms with Crippen LogP contribution in [-0.2, 0) is 0 Å². The Hall–Kier alpha value is -2.15. The van der Waals surface area contributed by atoms with E-state index in [-0.39, 0.29) is 5.78 Å². The summed E-state index contributed by atoms with van der Waals surface area (Å²) in [6.45, 7) is 6.04. The van der Waals surface area contributed by atoms with Crippen LogP contribution in [0.15, 0.2) is 60.7 Å². The lowest BCUT2D eigenvalue weighted by Gasteiger charge is -1.96. The van der Waals surface area contributed by atoms with E-state index in [2.05, 4.69) is 0 Å². The van der Waals surface area contributed by atoms with Crippen molar-refractivity contribution in [2.75, 3.05) is 0 Å². The highest BCUT2D eigenvalue weighted by Gasteiger charge is 1.98. The molecule has 0 saturated heterocycles. The SMILES string of the molecule is CC.Cc1ccc(/C=C/C(=O)c2ccccc2)cc1. The summed E-state index contributed by atoms with van der Waals surface area (Å²) < 4.78 is 0. The van der Waals surface area contributed by atoms with Crippen LogP contribution in [0.2, 0.25) is 0 Å². The molecule has 0 aromatic heterocycles. The summed E-state index contributed by atoms with van der Waals surface area (Å²) in [5.74, 6) is 0.0335. The van der Waals surface area contributed by atoms with E-state index in [1.807, 2.05) is 81.4 Å². The van der Waals surface area contributed by atoms with E-state index in [1.165, 1.54) is 5.56 Å². The Bertz CT molecular complexity index is 521. The molecule has 1 heteroatoms. The molecule has 0 amide bonds. The van der Waals surface area contributed by atoms with E-state index in [1.54, 1.807) is 6.08 Å². The quantitative estimate of drug-likeness (QED) is 0.560. The fraction of sp³-hybridized carbons (Fsp3) is 0.167. The number of hydrogen-bond donors (Lipinski definition) is 0. The highest BCUT2D eigenvalue weighted by molar-refractivity contribution is 6.06. The van der Waals surface area contributed by atoms with E-state index in [4.69, 9.17) is 0 Å². The lowest BCUT2D eigenvalue weighted by atomic mass is 10.1. The van der Waals surface area contributed by atoms with Gasteiger partial charge in [-0.1, -0.05) is 80.1 Å². The van der Waals surface area contributed by atoms with Gasteiger partial charge in [-0.2, -0.15) is 0 Å². The van der Waals surface area contributed by atoms with Crippen LogP contribution in [-0.4, -0.2) is 5.78 Å². The third-order valence-electron chi connectivity index (χ3n) is 2.56. The maximum atomic E-state index is 11.8. The molecule has 0 unspecified atom stereocenters. The molecule has 98 valence electrons. The Kier molecular flexibility index (Phi) is 6.31. The normalized spacial score (nSPS) is 9.84. The Morgan fingerprint density at radius 1 is 0.895 bits per heavy atom. The van der Waals surface area contributed by atoms with Gasteiger partial charge in [-0.3, -0.25) is 4.79 Å². The van der Waals surface area contributed by atoms with E-state index in [0.717, 1.165) is 11.1 Å². The predicted molar refractivity (Wildman–Crippen MR) is 82.3 cm³/mol. The van der Waals surface area contributed by atoms with Crippen molar-refractivity contribution in [3.63, 3.8) is 0 Å². The number of ketones is 1. The number of allylic oxidation sites excluding steroid dienone is 1. The van der Waals surface area contributed by atoms with E-state index >= 15 is 0 Å². The first kappa shape index (κ1) is 14.9. The summed E-state index contributed by atoms with van der Waals surface area (Å²) >= 11 is 0. The molecule has 0 heterocycles. The van der Waals surface area contributed by atoms with Gasteiger partial charge in [0.15, 0.2) is 5.78 Å². The summed E-state index contributed by atoms with van der Waals surface area (Å²) in [5, 5.41) is 0. The molecule has 2 aromatic carbocycles.